The van der Waals surface area contributed by atoms with E-state index in [1.54, 1.807) is 17.0 Å². The fourth-order valence-electron chi connectivity index (χ4n) is 4.87. The van der Waals surface area contributed by atoms with Gasteiger partial charge in [-0.05, 0) is 30.4 Å². The number of rotatable bonds is 3. The molecule has 1 aromatic carbocycles. The highest BCUT2D eigenvalue weighted by atomic mass is 32.1. The quantitative estimate of drug-likeness (QED) is 0.800. The lowest BCUT2D eigenvalue weighted by Crippen LogP contribution is -3.15. The summed E-state index contributed by atoms with van der Waals surface area (Å²) in [6.45, 7) is 2.46. The van der Waals surface area contributed by atoms with E-state index in [2.05, 4.69) is 11.4 Å². The first kappa shape index (κ1) is 16.6. The van der Waals surface area contributed by atoms with Crippen LogP contribution in [0.2, 0.25) is 0 Å². The van der Waals surface area contributed by atoms with Crippen LogP contribution in [0, 0.1) is 5.92 Å². The number of hydrogen-bond donors (Lipinski definition) is 1. The van der Waals surface area contributed by atoms with Gasteiger partial charge in [-0.2, -0.15) is 0 Å². The second-order valence-corrected chi connectivity index (χ2v) is 9.01. The van der Waals surface area contributed by atoms with Gasteiger partial charge in [-0.1, -0.05) is 0 Å². The Morgan fingerprint density at radius 1 is 1.14 bits per heavy atom. The number of Topliss-reactive ketones (excluding diaryl/α,β-unsaturated/α-hetero) is 1. The van der Waals surface area contributed by atoms with E-state index in [0.717, 1.165) is 13.0 Å². The van der Waals surface area contributed by atoms with Crippen molar-refractivity contribution in [3.8, 4) is 11.5 Å². The molecule has 1 saturated carbocycles. The normalized spacial score (nSPS) is 25.6. The number of carbonyl (C=O) groups is 2. The number of hydrogen-bond acceptors (Lipinski definition) is 5. The first-order valence-electron chi connectivity index (χ1n) is 9.91. The number of quaternary nitrogens is 1. The van der Waals surface area contributed by atoms with Crippen molar-refractivity contribution >= 4 is 28.7 Å². The van der Waals surface area contributed by atoms with Crippen LogP contribution in [0.25, 0.3) is 0 Å². The fourth-order valence-corrected chi connectivity index (χ4v) is 5.79. The van der Waals surface area contributed by atoms with Crippen LogP contribution in [0.5, 0.6) is 11.5 Å². The lowest BCUT2D eigenvalue weighted by molar-refractivity contribution is -0.935. The topological polar surface area (TPSA) is 60.3 Å². The summed E-state index contributed by atoms with van der Waals surface area (Å²) in [5.74, 6) is 0.983. The molecule has 2 atom stereocenters. The molecule has 3 aliphatic heterocycles. The first-order chi connectivity index (χ1) is 13.7. The Morgan fingerprint density at radius 3 is 2.71 bits per heavy atom. The molecule has 0 saturated heterocycles. The fraction of sp³-hybridized carbons (Fsp3) is 0.429. The molecule has 1 N–H and O–H groups in total. The summed E-state index contributed by atoms with van der Waals surface area (Å²) in [6.07, 6.45) is 3.55. The van der Waals surface area contributed by atoms with Gasteiger partial charge in [-0.15, -0.1) is 11.3 Å². The average Bonchev–Trinajstić information content (AvgIpc) is 3.40. The lowest BCUT2D eigenvalue weighted by Gasteiger charge is -2.35. The van der Waals surface area contributed by atoms with Gasteiger partial charge in [-0.25, -0.2) is 0 Å². The molecule has 144 valence electrons. The minimum Gasteiger partial charge on any atom is -0.486 e. The SMILES string of the molecule is O=C1C(=O)N(C[NH+]2CCc3sccc3[C@H]2C2CC2)c2cc3c(cc21)OCCO3. The van der Waals surface area contributed by atoms with Crippen molar-refractivity contribution in [1.82, 2.24) is 0 Å². The van der Waals surface area contributed by atoms with Gasteiger partial charge < -0.3 is 14.4 Å². The molecule has 1 aliphatic carbocycles. The van der Waals surface area contributed by atoms with E-state index in [1.165, 1.54) is 28.2 Å². The summed E-state index contributed by atoms with van der Waals surface area (Å²) in [5, 5.41) is 2.19. The minimum atomic E-state index is -0.442. The average molecular weight is 397 g/mol. The van der Waals surface area contributed by atoms with Crippen LogP contribution in [0.15, 0.2) is 23.6 Å². The van der Waals surface area contributed by atoms with Gasteiger partial charge in [0.15, 0.2) is 18.2 Å². The van der Waals surface area contributed by atoms with Crippen molar-refractivity contribution in [1.29, 1.82) is 0 Å². The van der Waals surface area contributed by atoms with Crippen molar-refractivity contribution in [3.63, 3.8) is 0 Å². The molecule has 4 heterocycles. The molecular weight excluding hydrogens is 376 g/mol. The number of amides is 1. The number of fused-ring (bicyclic) bond motifs is 3. The third kappa shape index (κ3) is 2.42. The zero-order valence-corrected chi connectivity index (χ0v) is 16.2. The number of ketones is 1. The van der Waals surface area contributed by atoms with Crippen LogP contribution in [-0.2, 0) is 11.2 Å². The molecule has 7 heteroatoms. The van der Waals surface area contributed by atoms with Crippen LogP contribution in [0.3, 0.4) is 0 Å². The standard InChI is InChI=1S/C21H20N2O4S/c24-20-14-9-16-17(27-7-6-26-16)10-15(14)23(21(20)25)11-22-5-3-18-13(4-8-28-18)19(22)12-1-2-12/h4,8-10,12,19H,1-3,5-7,11H2/p+1/t19-/m1/s1. The highest BCUT2D eigenvalue weighted by Gasteiger charge is 2.46. The zero-order valence-electron chi connectivity index (χ0n) is 15.4. The van der Waals surface area contributed by atoms with Gasteiger partial charge in [0, 0.05) is 28.8 Å². The Morgan fingerprint density at radius 2 is 1.93 bits per heavy atom. The number of carbonyl (C=O) groups excluding carboxylic acids is 2. The summed E-state index contributed by atoms with van der Waals surface area (Å²) >= 11 is 1.85. The molecule has 28 heavy (non-hydrogen) atoms. The van der Waals surface area contributed by atoms with Gasteiger partial charge in [0.2, 0.25) is 0 Å². The molecule has 4 aliphatic rings. The summed E-state index contributed by atoms with van der Waals surface area (Å²) in [7, 11) is 0. The monoisotopic (exact) mass is 397 g/mol. The maximum Gasteiger partial charge on any atom is 0.303 e. The maximum absolute atomic E-state index is 12.8. The molecule has 6 nitrogen and oxygen atoms in total. The highest BCUT2D eigenvalue weighted by Crippen LogP contribution is 2.43. The largest absolute Gasteiger partial charge is 0.486 e. The molecule has 2 aromatic rings. The number of thiophene rings is 1. The molecular formula is C21H21N2O4S+. The van der Waals surface area contributed by atoms with Crippen molar-refractivity contribution in [2.45, 2.75) is 25.3 Å². The van der Waals surface area contributed by atoms with Gasteiger partial charge in [0.05, 0.1) is 17.8 Å². The Balaban J connectivity index is 1.35. The van der Waals surface area contributed by atoms with Gasteiger partial charge in [0.25, 0.3) is 5.78 Å². The second-order valence-electron chi connectivity index (χ2n) is 8.01. The van der Waals surface area contributed by atoms with E-state index in [9.17, 15) is 9.59 Å². The number of benzene rings is 1. The van der Waals surface area contributed by atoms with Crippen molar-refractivity contribution in [3.05, 3.63) is 39.6 Å². The van der Waals surface area contributed by atoms with E-state index in [-0.39, 0.29) is 0 Å². The predicted molar refractivity (Wildman–Crippen MR) is 103 cm³/mol. The van der Waals surface area contributed by atoms with Crippen LogP contribution < -0.4 is 19.3 Å². The molecule has 1 fully saturated rings. The van der Waals surface area contributed by atoms with E-state index in [0.29, 0.717) is 54.6 Å². The van der Waals surface area contributed by atoms with E-state index in [4.69, 9.17) is 9.47 Å². The van der Waals surface area contributed by atoms with Crippen LogP contribution >= 0.6 is 11.3 Å². The van der Waals surface area contributed by atoms with Gasteiger partial charge >= 0.3 is 5.91 Å². The van der Waals surface area contributed by atoms with Crippen molar-refractivity contribution in [2.75, 3.05) is 31.3 Å². The van der Waals surface area contributed by atoms with Crippen LogP contribution in [-0.4, -0.2) is 38.1 Å². The Bertz CT molecular complexity index is 996. The smallest absolute Gasteiger partial charge is 0.303 e. The number of nitrogens with zero attached hydrogens (tertiary/aromatic N) is 1. The number of ether oxygens (including phenoxy) is 2. The van der Waals surface area contributed by atoms with Crippen molar-refractivity contribution in [2.24, 2.45) is 5.92 Å². The van der Waals surface area contributed by atoms with Crippen LogP contribution in [0.4, 0.5) is 5.69 Å². The maximum atomic E-state index is 12.8. The molecule has 1 unspecified atom stereocenters. The molecule has 1 amide bonds. The highest BCUT2D eigenvalue weighted by molar-refractivity contribution is 7.10. The third-order valence-corrected chi connectivity index (χ3v) is 7.31. The lowest BCUT2D eigenvalue weighted by atomic mass is 9.96. The third-order valence-electron chi connectivity index (χ3n) is 6.32. The van der Waals surface area contributed by atoms with Gasteiger partial charge in [-0.3, -0.25) is 14.5 Å². The van der Waals surface area contributed by atoms with Crippen LogP contribution in [0.1, 0.15) is 39.7 Å². The Kier molecular flexibility index (Phi) is 3.58. The second kappa shape index (κ2) is 6.06. The summed E-state index contributed by atoms with van der Waals surface area (Å²) < 4.78 is 11.3. The van der Waals surface area contributed by atoms with Crippen molar-refractivity contribution < 1.29 is 24.0 Å². The van der Waals surface area contributed by atoms with E-state index >= 15 is 0 Å². The molecule has 0 spiro atoms. The summed E-state index contributed by atoms with van der Waals surface area (Å²) in [6, 6.07) is 6.16. The number of nitrogens with one attached hydrogen (secondary N) is 1. The summed E-state index contributed by atoms with van der Waals surface area (Å²) in [5.41, 5.74) is 2.55. The summed E-state index contributed by atoms with van der Waals surface area (Å²) in [4.78, 5) is 30.0. The Hall–Kier alpha value is -2.38. The van der Waals surface area contributed by atoms with E-state index < -0.39 is 11.7 Å². The molecule has 0 radical (unpaired) electrons. The predicted octanol–water partition coefficient (Wildman–Crippen LogP) is 1.60. The zero-order chi connectivity index (χ0) is 18.8. The minimum absolute atomic E-state index is 0.430. The van der Waals surface area contributed by atoms with Gasteiger partial charge in [0.1, 0.15) is 19.3 Å². The molecule has 6 rings (SSSR count). The molecule has 1 aromatic heterocycles. The first-order valence-corrected chi connectivity index (χ1v) is 10.8. The molecule has 0 bridgehead atoms. The van der Waals surface area contributed by atoms with E-state index in [1.807, 2.05) is 11.3 Å². The number of anilines is 1. The Labute approximate surface area is 166 Å².